The molecule has 5 heteroatoms. The molecule has 0 fully saturated rings. The number of fused-ring (bicyclic) bond motifs is 1. The Balaban J connectivity index is 0.000000952. The summed E-state index contributed by atoms with van der Waals surface area (Å²) in [4.78, 5) is 35.9. The summed E-state index contributed by atoms with van der Waals surface area (Å²) in [5.41, 5.74) is 7.74. The van der Waals surface area contributed by atoms with E-state index in [2.05, 4.69) is 13.8 Å². The number of hydrogen-bond donors (Lipinski definition) is 1. The molecule has 0 radical (unpaired) electrons. The lowest BCUT2D eigenvalue weighted by atomic mass is 10.1. The number of carbonyl (C=O) groups excluding carboxylic acids is 3. The maximum absolute atomic E-state index is 12.3. The lowest BCUT2D eigenvalue weighted by molar-refractivity contribution is -0.121. The van der Waals surface area contributed by atoms with E-state index in [0.717, 1.165) is 11.8 Å². The van der Waals surface area contributed by atoms with Crippen LogP contribution in [-0.4, -0.2) is 28.9 Å². The van der Waals surface area contributed by atoms with Crippen LogP contribution < -0.4 is 5.73 Å². The molecule has 2 N–H and O–H groups in total. The van der Waals surface area contributed by atoms with Crippen molar-refractivity contribution in [1.29, 1.82) is 0 Å². The number of ketones is 1. The van der Waals surface area contributed by atoms with Crippen molar-refractivity contribution < 1.29 is 14.4 Å². The summed E-state index contributed by atoms with van der Waals surface area (Å²) in [6.45, 7) is 10.0. The van der Waals surface area contributed by atoms with Crippen molar-refractivity contribution in [3.05, 3.63) is 29.3 Å². The predicted molar refractivity (Wildman–Crippen MR) is 97.8 cm³/mol. The number of rotatable bonds is 5. The van der Waals surface area contributed by atoms with Gasteiger partial charge in [-0.1, -0.05) is 40.2 Å². The molecule has 0 aliphatic carbocycles. The van der Waals surface area contributed by atoms with Crippen molar-refractivity contribution in [2.45, 2.75) is 66.5 Å². The van der Waals surface area contributed by atoms with Gasteiger partial charge in [0.2, 0.25) is 0 Å². The Kier molecular flexibility index (Phi) is 10.3. The van der Waals surface area contributed by atoms with Gasteiger partial charge < -0.3 is 15.4 Å². The largest absolute Gasteiger partial charge is 0.398 e. The number of hydrogen-bond acceptors (Lipinski definition) is 4. The minimum Gasteiger partial charge on any atom is -0.398 e. The van der Waals surface area contributed by atoms with Gasteiger partial charge in [0.1, 0.15) is 6.29 Å². The van der Waals surface area contributed by atoms with Crippen LogP contribution in [0.25, 0.3) is 0 Å². The van der Waals surface area contributed by atoms with E-state index < -0.39 is 6.04 Å². The first-order chi connectivity index (χ1) is 11.5. The Morgan fingerprint density at radius 3 is 2.38 bits per heavy atom. The first-order valence-corrected chi connectivity index (χ1v) is 8.60. The van der Waals surface area contributed by atoms with E-state index in [-0.39, 0.29) is 18.1 Å². The highest BCUT2D eigenvalue weighted by atomic mass is 16.2. The molecule has 1 unspecified atom stereocenters. The van der Waals surface area contributed by atoms with Crippen LogP contribution in [0.2, 0.25) is 0 Å². The third kappa shape index (κ3) is 5.48. The molecule has 1 aromatic rings. The third-order valence-electron chi connectivity index (χ3n) is 3.44. The molecule has 1 amide bonds. The Bertz CT molecular complexity index is 556. The highest BCUT2D eigenvalue weighted by Crippen LogP contribution is 2.30. The average Bonchev–Trinajstić information content (AvgIpc) is 2.89. The van der Waals surface area contributed by atoms with Gasteiger partial charge in [-0.25, -0.2) is 0 Å². The van der Waals surface area contributed by atoms with Crippen LogP contribution >= 0.6 is 0 Å². The monoisotopic (exact) mass is 334 g/mol. The highest BCUT2D eigenvalue weighted by Gasteiger charge is 2.35. The number of nitrogens with two attached hydrogens (primary N) is 1. The van der Waals surface area contributed by atoms with E-state index in [4.69, 9.17) is 5.73 Å². The van der Waals surface area contributed by atoms with Crippen LogP contribution in [0.5, 0.6) is 0 Å². The van der Waals surface area contributed by atoms with E-state index in [0.29, 0.717) is 24.2 Å². The zero-order valence-electron chi connectivity index (χ0n) is 15.5. The van der Waals surface area contributed by atoms with E-state index >= 15 is 0 Å². The molecule has 1 atom stereocenters. The van der Waals surface area contributed by atoms with Crippen LogP contribution in [0.1, 0.15) is 69.8 Å². The van der Waals surface area contributed by atoms with Crippen LogP contribution in [0, 0.1) is 0 Å². The molecule has 5 nitrogen and oxygen atoms in total. The van der Waals surface area contributed by atoms with Gasteiger partial charge in [-0.3, -0.25) is 9.59 Å². The maximum atomic E-state index is 12.3. The van der Waals surface area contributed by atoms with E-state index in [1.54, 1.807) is 18.2 Å². The van der Waals surface area contributed by atoms with Crippen molar-refractivity contribution in [2.75, 3.05) is 5.73 Å². The van der Waals surface area contributed by atoms with Crippen molar-refractivity contribution >= 4 is 23.7 Å². The predicted octanol–water partition coefficient (Wildman–Crippen LogP) is 3.60. The molecule has 0 saturated carbocycles. The molecule has 134 valence electrons. The van der Waals surface area contributed by atoms with E-state index in [9.17, 15) is 14.4 Å². The molecule has 0 aromatic heterocycles. The summed E-state index contributed by atoms with van der Waals surface area (Å²) in [5, 5.41) is 0. The Labute approximate surface area is 145 Å². The van der Waals surface area contributed by atoms with Gasteiger partial charge in [0.25, 0.3) is 5.91 Å². The van der Waals surface area contributed by atoms with E-state index in [1.165, 1.54) is 18.2 Å². The normalized spacial score (nSPS) is 13.0. The second-order valence-corrected chi connectivity index (χ2v) is 5.38. The zero-order valence-corrected chi connectivity index (χ0v) is 15.5. The molecule has 0 bridgehead atoms. The Morgan fingerprint density at radius 2 is 1.92 bits per heavy atom. The standard InChI is InChI=1S/C14H16N2O3.C3H8.C2H6/c1-9(18)13(6-3-7-17)16-8-11-10(14(16)19)4-2-5-12(11)15;1-3-2;1-2/h2,4-5,7,13H,3,6,8,15H2,1H3;3H2,1-2H3;1-2H3. The SMILES string of the molecule is CC.CC(=O)C(CCC=O)N1Cc2c(N)cccc2C1=O.CCC. The van der Waals surface area contributed by atoms with Crippen LogP contribution in [0.4, 0.5) is 5.69 Å². The number of nitrogens with zero attached hydrogens (tertiary/aromatic N) is 1. The van der Waals surface area contributed by atoms with Gasteiger partial charge in [-0.05, 0) is 25.5 Å². The first-order valence-electron chi connectivity index (χ1n) is 8.60. The minimum atomic E-state index is -0.551. The van der Waals surface area contributed by atoms with Crippen molar-refractivity contribution in [3.8, 4) is 0 Å². The van der Waals surface area contributed by atoms with Gasteiger partial charge in [0, 0.05) is 29.8 Å². The summed E-state index contributed by atoms with van der Waals surface area (Å²) in [6, 6.07) is 4.63. The molecular formula is C19H30N2O3. The molecular weight excluding hydrogens is 304 g/mol. The number of carbonyl (C=O) groups is 3. The van der Waals surface area contributed by atoms with Crippen LogP contribution in [0.15, 0.2) is 18.2 Å². The highest BCUT2D eigenvalue weighted by molar-refractivity contribution is 6.02. The average molecular weight is 334 g/mol. The van der Waals surface area contributed by atoms with Crippen molar-refractivity contribution in [3.63, 3.8) is 0 Å². The maximum Gasteiger partial charge on any atom is 0.255 e. The second kappa shape index (κ2) is 11.4. The summed E-state index contributed by atoms with van der Waals surface area (Å²) in [5.74, 6) is -0.296. The fourth-order valence-electron chi connectivity index (χ4n) is 2.43. The molecule has 1 aliphatic heterocycles. The number of amides is 1. The lowest BCUT2D eigenvalue weighted by Crippen LogP contribution is -2.40. The number of Topliss-reactive ketones (excluding diaryl/α,β-unsaturated/α-hetero) is 1. The van der Waals surface area contributed by atoms with Crippen LogP contribution in [-0.2, 0) is 16.1 Å². The van der Waals surface area contributed by atoms with Crippen molar-refractivity contribution in [2.24, 2.45) is 0 Å². The van der Waals surface area contributed by atoms with Gasteiger partial charge in [0.15, 0.2) is 5.78 Å². The number of anilines is 1. The number of nitrogen functional groups attached to an aromatic ring is 1. The molecule has 1 heterocycles. The third-order valence-corrected chi connectivity index (χ3v) is 3.44. The Hall–Kier alpha value is -2.17. The number of aldehydes is 1. The van der Waals surface area contributed by atoms with Crippen LogP contribution in [0.3, 0.4) is 0 Å². The van der Waals surface area contributed by atoms with Gasteiger partial charge in [-0.15, -0.1) is 0 Å². The second-order valence-electron chi connectivity index (χ2n) is 5.38. The lowest BCUT2D eigenvalue weighted by Gasteiger charge is -2.25. The summed E-state index contributed by atoms with van der Waals surface area (Å²) in [7, 11) is 0. The molecule has 1 aromatic carbocycles. The summed E-state index contributed by atoms with van der Waals surface area (Å²) < 4.78 is 0. The Morgan fingerprint density at radius 1 is 1.33 bits per heavy atom. The zero-order chi connectivity index (χ0) is 18.7. The van der Waals surface area contributed by atoms with Gasteiger partial charge >= 0.3 is 0 Å². The molecule has 2 rings (SSSR count). The van der Waals surface area contributed by atoms with Gasteiger partial charge in [-0.2, -0.15) is 0 Å². The fraction of sp³-hybridized carbons (Fsp3) is 0.526. The quantitative estimate of drug-likeness (QED) is 0.659. The first kappa shape index (κ1) is 21.8. The molecule has 0 spiro atoms. The van der Waals surface area contributed by atoms with E-state index in [1.807, 2.05) is 13.8 Å². The summed E-state index contributed by atoms with van der Waals surface area (Å²) in [6.07, 6.45) is 2.64. The smallest absolute Gasteiger partial charge is 0.255 e. The molecule has 1 aliphatic rings. The molecule has 24 heavy (non-hydrogen) atoms. The molecule has 0 saturated heterocycles. The summed E-state index contributed by atoms with van der Waals surface area (Å²) >= 11 is 0. The van der Waals surface area contributed by atoms with Gasteiger partial charge in [0.05, 0.1) is 6.04 Å². The minimum absolute atomic E-state index is 0.110. The topological polar surface area (TPSA) is 80.5 Å². The number of benzene rings is 1. The fourth-order valence-corrected chi connectivity index (χ4v) is 2.43. The van der Waals surface area contributed by atoms with Crippen molar-refractivity contribution in [1.82, 2.24) is 4.90 Å².